The standard InChI is InChI=1S/C11H19NO2/c13-11(14)7-3-1-2-4-8-12-9-5-6-10-12/h4,8H,1-3,5-7,9-10H2,(H,13,14). The molecule has 3 heteroatoms. The molecule has 0 aliphatic carbocycles. The van der Waals surface area contributed by atoms with Crippen LogP contribution in [0.4, 0.5) is 0 Å². The van der Waals surface area contributed by atoms with E-state index in [2.05, 4.69) is 17.2 Å². The predicted octanol–water partition coefficient (Wildman–Crippen LogP) is 2.24. The lowest BCUT2D eigenvalue weighted by Gasteiger charge is -2.09. The molecule has 1 saturated heterocycles. The van der Waals surface area contributed by atoms with Crippen molar-refractivity contribution in [2.24, 2.45) is 0 Å². The van der Waals surface area contributed by atoms with E-state index < -0.39 is 5.97 Å². The van der Waals surface area contributed by atoms with E-state index in [0.29, 0.717) is 6.42 Å². The Kier molecular flexibility index (Phi) is 5.12. The van der Waals surface area contributed by atoms with E-state index in [4.69, 9.17) is 5.11 Å². The zero-order valence-electron chi connectivity index (χ0n) is 8.61. The molecule has 1 rings (SSSR count). The van der Waals surface area contributed by atoms with Gasteiger partial charge in [-0.05, 0) is 38.3 Å². The summed E-state index contributed by atoms with van der Waals surface area (Å²) < 4.78 is 0. The van der Waals surface area contributed by atoms with Crippen LogP contribution in [0.3, 0.4) is 0 Å². The fourth-order valence-corrected chi connectivity index (χ4v) is 1.65. The largest absolute Gasteiger partial charge is 0.481 e. The molecule has 0 radical (unpaired) electrons. The minimum atomic E-state index is -0.687. The zero-order valence-corrected chi connectivity index (χ0v) is 8.61. The van der Waals surface area contributed by atoms with Gasteiger partial charge in [-0.15, -0.1) is 0 Å². The highest BCUT2D eigenvalue weighted by molar-refractivity contribution is 5.66. The van der Waals surface area contributed by atoms with Gasteiger partial charge in [-0.3, -0.25) is 4.79 Å². The van der Waals surface area contributed by atoms with Gasteiger partial charge in [0, 0.05) is 19.5 Å². The third kappa shape index (κ3) is 4.90. The first kappa shape index (κ1) is 11.1. The average Bonchev–Trinajstić information content (AvgIpc) is 2.63. The number of aliphatic carboxylic acids is 1. The number of allylic oxidation sites excluding steroid dienone is 1. The van der Waals surface area contributed by atoms with Crippen LogP contribution in [-0.2, 0) is 4.79 Å². The third-order valence-electron chi connectivity index (χ3n) is 2.47. The molecule has 0 atom stereocenters. The van der Waals surface area contributed by atoms with Gasteiger partial charge in [-0.1, -0.05) is 6.08 Å². The van der Waals surface area contributed by atoms with E-state index in [0.717, 1.165) is 19.3 Å². The minimum Gasteiger partial charge on any atom is -0.481 e. The second-order valence-corrected chi connectivity index (χ2v) is 3.77. The minimum absolute atomic E-state index is 0.303. The number of unbranched alkanes of at least 4 members (excludes halogenated alkanes) is 2. The summed E-state index contributed by atoms with van der Waals surface area (Å²) in [5, 5.41) is 8.42. The van der Waals surface area contributed by atoms with Gasteiger partial charge in [0.15, 0.2) is 0 Å². The topological polar surface area (TPSA) is 40.5 Å². The predicted molar refractivity (Wildman–Crippen MR) is 56.1 cm³/mol. The van der Waals surface area contributed by atoms with E-state index in [1.54, 1.807) is 0 Å². The van der Waals surface area contributed by atoms with Crippen molar-refractivity contribution in [1.82, 2.24) is 4.90 Å². The Morgan fingerprint density at radius 3 is 2.64 bits per heavy atom. The molecule has 0 aromatic carbocycles. The van der Waals surface area contributed by atoms with E-state index in [1.807, 2.05) is 0 Å². The van der Waals surface area contributed by atoms with Gasteiger partial charge in [-0.25, -0.2) is 0 Å². The molecule has 14 heavy (non-hydrogen) atoms. The number of hydrogen-bond acceptors (Lipinski definition) is 2. The van der Waals surface area contributed by atoms with Crippen LogP contribution in [0.15, 0.2) is 12.3 Å². The molecule has 0 bridgehead atoms. The highest BCUT2D eigenvalue weighted by Gasteiger charge is 2.05. The Labute approximate surface area is 85.4 Å². The molecule has 0 saturated carbocycles. The zero-order chi connectivity index (χ0) is 10.2. The van der Waals surface area contributed by atoms with Crippen LogP contribution in [0.1, 0.15) is 38.5 Å². The van der Waals surface area contributed by atoms with Crippen LogP contribution >= 0.6 is 0 Å². The molecule has 1 N–H and O–H groups in total. The summed E-state index contributed by atoms with van der Waals surface area (Å²) in [5.41, 5.74) is 0. The van der Waals surface area contributed by atoms with Crippen molar-refractivity contribution in [2.75, 3.05) is 13.1 Å². The molecule has 80 valence electrons. The Balaban J connectivity index is 1.94. The lowest BCUT2D eigenvalue weighted by molar-refractivity contribution is -0.137. The number of carboxylic acid groups (broad SMARTS) is 1. The molecule has 0 aromatic heterocycles. The van der Waals surface area contributed by atoms with Crippen molar-refractivity contribution >= 4 is 5.97 Å². The first-order valence-electron chi connectivity index (χ1n) is 5.41. The van der Waals surface area contributed by atoms with Crippen molar-refractivity contribution in [2.45, 2.75) is 38.5 Å². The summed E-state index contributed by atoms with van der Waals surface area (Å²) in [6, 6.07) is 0. The first-order valence-corrected chi connectivity index (χ1v) is 5.41. The maximum atomic E-state index is 10.2. The Bertz CT molecular complexity index is 195. The molecule has 0 unspecified atom stereocenters. The molecule has 0 spiro atoms. The highest BCUT2D eigenvalue weighted by Crippen LogP contribution is 2.08. The second kappa shape index (κ2) is 6.46. The van der Waals surface area contributed by atoms with E-state index >= 15 is 0 Å². The lowest BCUT2D eigenvalue weighted by Crippen LogP contribution is -2.10. The molecule has 1 heterocycles. The summed E-state index contributed by atoms with van der Waals surface area (Å²) in [6.45, 7) is 2.37. The van der Waals surface area contributed by atoms with Crippen LogP contribution in [0.25, 0.3) is 0 Å². The summed E-state index contributed by atoms with van der Waals surface area (Å²) in [7, 11) is 0. The number of hydrogen-bond donors (Lipinski definition) is 1. The van der Waals surface area contributed by atoms with Crippen molar-refractivity contribution in [3.8, 4) is 0 Å². The highest BCUT2D eigenvalue weighted by atomic mass is 16.4. The molecule has 0 aromatic rings. The number of carboxylic acids is 1. The normalized spacial score (nSPS) is 16.7. The monoisotopic (exact) mass is 197 g/mol. The Morgan fingerprint density at radius 1 is 1.29 bits per heavy atom. The van der Waals surface area contributed by atoms with E-state index in [-0.39, 0.29) is 0 Å². The molecule has 0 amide bonds. The Morgan fingerprint density at radius 2 is 2.00 bits per heavy atom. The van der Waals surface area contributed by atoms with Crippen molar-refractivity contribution in [1.29, 1.82) is 0 Å². The summed E-state index contributed by atoms with van der Waals surface area (Å²) in [4.78, 5) is 12.5. The average molecular weight is 197 g/mol. The van der Waals surface area contributed by atoms with Crippen molar-refractivity contribution in [3.63, 3.8) is 0 Å². The number of likely N-dealkylation sites (tertiary alicyclic amines) is 1. The molecule has 1 fully saturated rings. The maximum Gasteiger partial charge on any atom is 0.303 e. The van der Waals surface area contributed by atoms with Gasteiger partial charge in [-0.2, -0.15) is 0 Å². The SMILES string of the molecule is O=C(O)CCCCC=CN1CCCC1. The lowest BCUT2D eigenvalue weighted by atomic mass is 10.2. The Hall–Kier alpha value is -0.990. The summed E-state index contributed by atoms with van der Waals surface area (Å²) in [6.07, 6.45) is 10.0. The van der Waals surface area contributed by atoms with Gasteiger partial charge in [0.1, 0.15) is 0 Å². The van der Waals surface area contributed by atoms with Crippen molar-refractivity contribution < 1.29 is 9.90 Å². The van der Waals surface area contributed by atoms with Gasteiger partial charge in [0.25, 0.3) is 0 Å². The van der Waals surface area contributed by atoms with Gasteiger partial charge in [0.05, 0.1) is 0 Å². The van der Waals surface area contributed by atoms with Crippen LogP contribution in [-0.4, -0.2) is 29.1 Å². The van der Waals surface area contributed by atoms with E-state index in [9.17, 15) is 4.79 Å². The van der Waals surface area contributed by atoms with Gasteiger partial charge >= 0.3 is 5.97 Å². The third-order valence-corrected chi connectivity index (χ3v) is 2.47. The van der Waals surface area contributed by atoms with Gasteiger partial charge < -0.3 is 10.0 Å². The quantitative estimate of drug-likeness (QED) is 0.664. The number of rotatable bonds is 6. The summed E-state index contributed by atoms with van der Waals surface area (Å²) >= 11 is 0. The first-order chi connectivity index (χ1) is 6.79. The van der Waals surface area contributed by atoms with Crippen LogP contribution in [0.2, 0.25) is 0 Å². The van der Waals surface area contributed by atoms with Crippen LogP contribution < -0.4 is 0 Å². The number of carbonyl (C=O) groups is 1. The molecular formula is C11H19NO2. The molecule has 1 aliphatic rings. The fourth-order valence-electron chi connectivity index (χ4n) is 1.65. The van der Waals surface area contributed by atoms with Crippen LogP contribution in [0.5, 0.6) is 0 Å². The van der Waals surface area contributed by atoms with Crippen LogP contribution in [0, 0.1) is 0 Å². The smallest absolute Gasteiger partial charge is 0.303 e. The molecule has 1 aliphatic heterocycles. The second-order valence-electron chi connectivity index (χ2n) is 3.77. The maximum absolute atomic E-state index is 10.2. The molecule has 3 nitrogen and oxygen atoms in total. The van der Waals surface area contributed by atoms with E-state index in [1.165, 1.54) is 25.9 Å². The fraction of sp³-hybridized carbons (Fsp3) is 0.727. The molecular weight excluding hydrogens is 178 g/mol. The summed E-state index contributed by atoms with van der Waals surface area (Å²) in [5.74, 6) is -0.687. The van der Waals surface area contributed by atoms with Gasteiger partial charge in [0.2, 0.25) is 0 Å². The van der Waals surface area contributed by atoms with Crippen molar-refractivity contribution in [3.05, 3.63) is 12.3 Å². The number of nitrogens with zero attached hydrogens (tertiary/aromatic N) is 1.